The molecular weight excluding hydrogens is 320 g/mol. The van der Waals surface area contributed by atoms with E-state index in [0.29, 0.717) is 11.1 Å². The zero-order valence-electron chi connectivity index (χ0n) is 13.8. The van der Waals surface area contributed by atoms with Gasteiger partial charge >= 0.3 is 0 Å². The van der Waals surface area contributed by atoms with Gasteiger partial charge in [-0.2, -0.15) is 5.10 Å². The molecular formula is C19H19ClN4. The third-order valence-electron chi connectivity index (χ3n) is 4.53. The molecule has 0 radical (unpaired) electrons. The summed E-state index contributed by atoms with van der Waals surface area (Å²) in [5.41, 5.74) is 8.66. The van der Waals surface area contributed by atoms with Gasteiger partial charge in [-0.3, -0.25) is 10.4 Å². The molecule has 2 aromatic heterocycles. The van der Waals surface area contributed by atoms with Crippen molar-refractivity contribution in [3.05, 3.63) is 58.5 Å². The first-order valence-corrected chi connectivity index (χ1v) is 8.53. The first-order valence-electron chi connectivity index (χ1n) is 8.15. The number of benzene rings is 1. The number of hydrogen-bond donors (Lipinski definition) is 1. The molecule has 0 atom stereocenters. The fraction of sp³-hybridized carbons (Fsp3) is 0.263. The number of hydrazone groups is 1. The predicted octanol–water partition coefficient (Wildman–Crippen LogP) is 5.09. The monoisotopic (exact) mass is 338 g/mol. The second-order valence-electron chi connectivity index (χ2n) is 6.32. The maximum Gasteiger partial charge on any atom is 0.0738 e. The van der Waals surface area contributed by atoms with E-state index in [9.17, 15) is 0 Å². The van der Waals surface area contributed by atoms with Crippen LogP contribution >= 0.6 is 11.6 Å². The van der Waals surface area contributed by atoms with E-state index in [1.165, 1.54) is 24.2 Å². The number of fused-ring (bicyclic) bond motifs is 1. The highest BCUT2D eigenvalue weighted by molar-refractivity contribution is 6.31. The second kappa shape index (κ2) is 5.95. The fourth-order valence-electron chi connectivity index (χ4n) is 3.22. The van der Waals surface area contributed by atoms with Crippen LogP contribution in [0.15, 0.2) is 41.6 Å². The maximum atomic E-state index is 6.03. The average molecular weight is 339 g/mol. The summed E-state index contributed by atoms with van der Waals surface area (Å²) < 4.78 is 2.42. The van der Waals surface area contributed by atoms with Crippen molar-refractivity contribution in [2.75, 3.05) is 5.43 Å². The minimum absolute atomic E-state index is 0.683. The fourth-order valence-corrected chi connectivity index (χ4v) is 3.38. The quantitative estimate of drug-likeness (QED) is 0.532. The van der Waals surface area contributed by atoms with Crippen LogP contribution in [-0.2, 0) is 0 Å². The summed E-state index contributed by atoms with van der Waals surface area (Å²) in [5, 5.41) is 6.12. The van der Waals surface area contributed by atoms with E-state index in [1.54, 1.807) is 6.20 Å². The second-order valence-corrected chi connectivity index (χ2v) is 6.75. The Hall–Kier alpha value is -2.33. The molecule has 1 saturated carbocycles. The molecule has 0 amide bonds. The molecule has 0 bridgehead atoms. The molecule has 4 rings (SSSR count). The summed E-state index contributed by atoms with van der Waals surface area (Å²) in [6, 6.07) is 10.5. The van der Waals surface area contributed by atoms with Gasteiger partial charge in [0, 0.05) is 39.6 Å². The lowest BCUT2D eigenvalue weighted by Crippen LogP contribution is -1.99. The molecule has 0 saturated heterocycles. The maximum absolute atomic E-state index is 6.03. The molecule has 1 fully saturated rings. The smallest absolute Gasteiger partial charge is 0.0738 e. The van der Waals surface area contributed by atoms with Gasteiger partial charge in [-0.1, -0.05) is 11.6 Å². The predicted molar refractivity (Wildman–Crippen MR) is 100 cm³/mol. The molecule has 122 valence electrons. The van der Waals surface area contributed by atoms with Gasteiger partial charge in [0.25, 0.3) is 0 Å². The molecule has 1 aromatic carbocycles. The van der Waals surface area contributed by atoms with Gasteiger partial charge in [0.05, 0.1) is 17.4 Å². The summed E-state index contributed by atoms with van der Waals surface area (Å²) in [4.78, 5) is 4.34. The average Bonchev–Trinajstić information content (AvgIpc) is 3.34. The van der Waals surface area contributed by atoms with E-state index in [4.69, 9.17) is 11.6 Å². The van der Waals surface area contributed by atoms with Crippen LogP contribution in [0.3, 0.4) is 0 Å². The van der Waals surface area contributed by atoms with Crippen LogP contribution in [0.2, 0.25) is 5.02 Å². The zero-order valence-corrected chi connectivity index (χ0v) is 14.5. The number of rotatable bonds is 4. The Kier molecular flexibility index (Phi) is 3.77. The van der Waals surface area contributed by atoms with E-state index in [0.717, 1.165) is 22.2 Å². The van der Waals surface area contributed by atoms with Crippen molar-refractivity contribution in [1.82, 2.24) is 9.55 Å². The van der Waals surface area contributed by atoms with Crippen LogP contribution < -0.4 is 5.43 Å². The highest BCUT2D eigenvalue weighted by Gasteiger charge is 2.26. The standard InChI is InChI=1S/C19H19ClN4/c1-12-9-14(13(2)24(12)16-4-5-16)11-22-23-18-7-8-21-19-10-15(20)3-6-17(18)19/h3,6-11,16H,4-5H2,1-2H3,(H,21,23). The van der Waals surface area contributed by atoms with Crippen LogP contribution in [0.1, 0.15) is 35.8 Å². The lowest BCUT2D eigenvalue weighted by atomic mass is 10.2. The van der Waals surface area contributed by atoms with Crippen LogP contribution in [0.25, 0.3) is 10.9 Å². The van der Waals surface area contributed by atoms with Gasteiger partial charge in [0.15, 0.2) is 0 Å². The summed E-state index contributed by atoms with van der Waals surface area (Å²) in [7, 11) is 0. The van der Waals surface area contributed by atoms with Crippen LogP contribution in [0.5, 0.6) is 0 Å². The lowest BCUT2D eigenvalue weighted by Gasteiger charge is -2.07. The molecule has 1 aliphatic rings. The Bertz CT molecular complexity index is 938. The molecule has 4 nitrogen and oxygen atoms in total. The molecule has 0 spiro atoms. The zero-order chi connectivity index (χ0) is 16.7. The molecule has 5 heteroatoms. The van der Waals surface area contributed by atoms with Crippen molar-refractivity contribution < 1.29 is 0 Å². The first kappa shape index (κ1) is 15.2. The molecule has 1 aliphatic carbocycles. The summed E-state index contributed by atoms with van der Waals surface area (Å²) in [5.74, 6) is 0. The Balaban J connectivity index is 1.59. The number of pyridine rings is 1. The number of hydrogen-bond acceptors (Lipinski definition) is 3. The number of halogens is 1. The third-order valence-corrected chi connectivity index (χ3v) is 4.76. The van der Waals surface area contributed by atoms with E-state index >= 15 is 0 Å². The molecule has 2 heterocycles. The van der Waals surface area contributed by atoms with Gasteiger partial charge < -0.3 is 4.57 Å². The van der Waals surface area contributed by atoms with Crippen molar-refractivity contribution in [3.8, 4) is 0 Å². The van der Waals surface area contributed by atoms with Crippen LogP contribution in [0, 0.1) is 13.8 Å². The Morgan fingerprint density at radius 1 is 1.25 bits per heavy atom. The molecule has 3 aromatic rings. The largest absolute Gasteiger partial charge is 0.345 e. The van der Waals surface area contributed by atoms with Crippen LogP contribution in [-0.4, -0.2) is 15.8 Å². The molecule has 24 heavy (non-hydrogen) atoms. The summed E-state index contributed by atoms with van der Waals surface area (Å²) in [6.45, 7) is 4.33. The van der Waals surface area contributed by atoms with Gasteiger partial charge in [-0.15, -0.1) is 0 Å². The first-order chi connectivity index (χ1) is 11.6. The lowest BCUT2D eigenvalue weighted by molar-refractivity contribution is 0.699. The van der Waals surface area contributed by atoms with Crippen molar-refractivity contribution in [3.63, 3.8) is 0 Å². The topological polar surface area (TPSA) is 42.2 Å². The van der Waals surface area contributed by atoms with Crippen molar-refractivity contribution >= 4 is 34.4 Å². The van der Waals surface area contributed by atoms with E-state index < -0.39 is 0 Å². The van der Waals surface area contributed by atoms with Gasteiger partial charge in [-0.25, -0.2) is 0 Å². The highest BCUT2D eigenvalue weighted by atomic mass is 35.5. The van der Waals surface area contributed by atoms with E-state index in [1.807, 2.05) is 30.5 Å². The third kappa shape index (κ3) is 2.78. The number of aromatic nitrogens is 2. The summed E-state index contributed by atoms with van der Waals surface area (Å²) in [6.07, 6.45) is 6.23. The number of nitrogens with zero attached hydrogens (tertiary/aromatic N) is 3. The van der Waals surface area contributed by atoms with Crippen molar-refractivity contribution in [1.29, 1.82) is 0 Å². The Labute approximate surface area is 146 Å². The minimum atomic E-state index is 0.683. The Morgan fingerprint density at radius 3 is 2.88 bits per heavy atom. The highest BCUT2D eigenvalue weighted by Crippen LogP contribution is 2.38. The molecule has 0 aliphatic heterocycles. The van der Waals surface area contributed by atoms with Crippen molar-refractivity contribution in [2.45, 2.75) is 32.7 Å². The molecule has 0 unspecified atom stereocenters. The number of nitrogens with one attached hydrogen (secondary N) is 1. The number of anilines is 1. The van der Waals surface area contributed by atoms with E-state index in [-0.39, 0.29) is 0 Å². The van der Waals surface area contributed by atoms with Gasteiger partial charge in [0.2, 0.25) is 0 Å². The number of aryl methyl sites for hydroxylation is 1. The van der Waals surface area contributed by atoms with E-state index in [2.05, 4.69) is 40.0 Å². The minimum Gasteiger partial charge on any atom is -0.345 e. The Morgan fingerprint density at radius 2 is 2.08 bits per heavy atom. The van der Waals surface area contributed by atoms with Gasteiger partial charge in [-0.05, 0) is 57.0 Å². The van der Waals surface area contributed by atoms with Crippen molar-refractivity contribution in [2.24, 2.45) is 5.10 Å². The normalized spacial score (nSPS) is 14.6. The van der Waals surface area contributed by atoms with Gasteiger partial charge in [0.1, 0.15) is 0 Å². The molecule has 1 N–H and O–H groups in total. The van der Waals surface area contributed by atoms with Crippen LogP contribution in [0.4, 0.5) is 5.69 Å². The summed E-state index contributed by atoms with van der Waals surface area (Å²) >= 11 is 6.03. The SMILES string of the molecule is Cc1cc(C=NNc2ccnc3cc(Cl)ccc23)c(C)n1C1CC1.